The number of carbonyl (C=O) groups is 1. The van der Waals surface area contributed by atoms with Crippen LogP contribution in [-0.4, -0.2) is 30.5 Å². The van der Waals surface area contributed by atoms with Crippen molar-refractivity contribution >= 4 is 33.4 Å². The van der Waals surface area contributed by atoms with E-state index in [9.17, 15) is 13.2 Å². The fourth-order valence-corrected chi connectivity index (χ4v) is 2.97. The van der Waals surface area contributed by atoms with Gasteiger partial charge in [-0.25, -0.2) is 13.4 Å². The molecule has 1 rings (SSSR count). The van der Waals surface area contributed by atoms with Crippen LogP contribution in [0.4, 0.5) is 5.82 Å². The number of nitrogen functional groups attached to an aromatic ring is 1. The third kappa shape index (κ3) is 4.05. The van der Waals surface area contributed by atoms with Crippen LogP contribution in [0.15, 0.2) is 17.2 Å². The predicted octanol–water partition coefficient (Wildman–Crippen LogP) is 0.849. The van der Waals surface area contributed by atoms with Crippen LogP contribution in [0.2, 0.25) is 5.02 Å². The Labute approximate surface area is 115 Å². The Bertz CT molecular complexity index is 576. The molecular formula is C10H14ClN3O4S. The molecule has 0 aromatic carbocycles. The van der Waals surface area contributed by atoms with E-state index in [0.717, 1.165) is 6.07 Å². The van der Waals surface area contributed by atoms with Crippen molar-refractivity contribution in [3.63, 3.8) is 0 Å². The molecule has 0 amide bonds. The first-order valence-corrected chi connectivity index (χ1v) is 7.30. The molecule has 0 spiro atoms. The number of carboxylic acid groups (broad SMARTS) is 1. The average molecular weight is 308 g/mol. The Morgan fingerprint density at radius 2 is 2.26 bits per heavy atom. The van der Waals surface area contributed by atoms with E-state index in [2.05, 4.69) is 9.71 Å². The first-order valence-electron chi connectivity index (χ1n) is 5.44. The number of aromatic nitrogens is 1. The summed E-state index contributed by atoms with van der Waals surface area (Å²) in [7, 11) is -4.08. The van der Waals surface area contributed by atoms with Gasteiger partial charge in [0.1, 0.15) is 16.8 Å². The highest BCUT2D eigenvalue weighted by Crippen LogP contribution is 2.20. The molecule has 0 aliphatic rings. The van der Waals surface area contributed by atoms with Crippen LogP contribution < -0.4 is 10.5 Å². The van der Waals surface area contributed by atoms with E-state index >= 15 is 0 Å². The Hall–Kier alpha value is -1.38. The van der Waals surface area contributed by atoms with Crippen LogP contribution in [0.5, 0.6) is 0 Å². The second-order valence-electron chi connectivity index (χ2n) is 3.84. The van der Waals surface area contributed by atoms with Crippen molar-refractivity contribution in [3.8, 4) is 0 Å². The standard InChI is InChI=1S/C10H14ClN3O4S/c1-2-3-7(10(15)16)14-19(17,18)8-4-6(11)5-13-9(8)12/h4-5,7,14H,2-3H2,1H3,(H2,12,13)(H,15,16). The lowest BCUT2D eigenvalue weighted by Crippen LogP contribution is -2.40. The lowest BCUT2D eigenvalue weighted by atomic mass is 10.2. The highest BCUT2D eigenvalue weighted by molar-refractivity contribution is 7.89. The maximum atomic E-state index is 12.0. The number of hydrogen-bond acceptors (Lipinski definition) is 5. The molecule has 4 N–H and O–H groups in total. The first kappa shape index (κ1) is 15.7. The molecule has 1 aromatic heterocycles. The fraction of sp³-hybridized carbons (Fsp3) is 0.400. The van der Waals surface area contributed by atoms with Gasteiger partial charge in [-0.3, -0.25) is 4.79 Å². The monoisotopic (exact) mass is 307 g/mol. The molecule has 0 radical (unpaired) electrons. The minimum atomic E-state index is -4.08. The Kier molecular flexibility index (Phi) is 5.10. The number of aliphatic carboxylic acids is 1. The van der Waals surface area contributed by atoms with Crippen LogP contribution in [0.25, 0.3) is 0 Å². The van der Waals surface area contributed by atoms with Gasteiger partial charge in [0.15, 0.2) is 0 Å². The van der Waals surface area contributed by atoms with E-state index in [4.69, 9.17) is 22.4 Å². The normalized spacial score (nSPS) is 13.2. The van der Waals surface area contributed by atoms with Crippen molar-refractivity contribution < 1.29 is 18.3 Å². The molecule has 0 aliphatic heterocycles. The summed E-state index contributed by atoms with van der Waals surface area (Å²) in [4.78, 5) is 14.2. The van der Waals surface area contributed by atoms with Gasteiger partial charge in [0.05, 0.1) is 5.02 Å². The molecule has 1 heterocycles. The van der Waals surface area contributed by atoms with Crippen molar-refractivity contribution in [1.29, 1.82) is 0 Å². The molecule has 106 valence electrons. The van der Waals surface area contributed by atoms with E-state index in [1.807, 2.05) is 0 Å². The van der Waals surface area contributed by atoms with Gasteiger partial charge in [-0.2, -0.15) is 4.72 Å². The molecule has 1 unspecified atom stereocenters. The Balaban J connectivity index is 3.10. The van der Waals surface area contributed by atoms with Crippen molar-refractivity contribution in [3.05, 3.63) is 17.3 Å². The van der Waals surface area contributed by atoms with Crippen molar-refractivity contribution in [1.82, 2.24) is 9.71 Å². The molecule has 1 atom stereocenters. The molecule has 19 heavy (non-hydrogen) atoms. The molecule has 1 aromatic rings. The number of hydrogen-bond donors (Lipinski definition) is 3. The molecule has 0 aliphatic carbocycles. The van der Waals surface area contributed by atoms with Gasteiger partial charge in [0.2, 0.25) is 10.0 Å². The molecule has 0 saturated heterocycles. The third-order valence-electron chi connectivity index (χ3n) is 2.31. The second-order valence-corrected chi connectivity index (χ2v) is 5.96. The summed E-state index contributed by atoms with van der Waals surface area (Å²) in [6.45, 7) is 1.75. The van der Waals surface area contributed by atoms with Gasteiger partial charge < -0.3 is 10.8 Å². The number of rotatable bonds is 6. The molecule has 7 nitrogen and oxygen atoms in total. The average Bonchev–Trinajstić information content (AvgIpc) is 2.31. The van der Waals surface area contributed by atoms with Crippen LogP contribution in [0.1, 0.15) is 19.8 Å². The largest absolute Gasteiger partial charge is 0.480 e. The van der Waals surface area contributed by atoms with Gasteiger partial charge in [0.25, 0.3) is 0 Å². The van der Waals surface area contributed by atoms with Gasteiger partial charge in [-0.05, 0) is 12.5 Å². The quantitative estimate of drug-likeness (QED) is 0.716. The van der Waals surface area contributed by atoms with E-state index in [0.29, 0.717) is 6.42 Å². The summed E-state index contributed by atoms with van der Waals surface area (Å²) >= 11 is 5.66. The van der Waals surface area contributed by atoms with Crippen molar-refractivity contribution in [2.24, 2.45) is 0 Å². The first-order chi connectivity index (χ1) is 8.77. The smallest absolute Gasteiger partial charge is 0.321 e. The number of nitrogens with two attached hydrogens (primary N) is 1. The molecule has 0 saturated carbocycles. The Morgan fingerprint density at radius 3 is 2.79 bits per heavy atom. The number of pyridine rings is 1. The maximum absolute atomic E-state index is 12.0. The molecule has 0 bridgehead atoms. The van der Waals surface area contributed by atoms with Crippen LogP contribution in [0.3, 0.4) is 0 Å². The zero-order valence-electron chi connectivity index (χ0n) is 10.1. The summed E-state index contributed by atoms with van der Waals surface area (Å²) in [6, 6.07) is -0.0924. The van der Waals surface area contributed by atoms with E-state index in [-0.39, 0.29) is 22.2 Å². The van der Waals surface area contributed by atoms with Gasteiger partial charge in [-0.1, -0.05) is 24.9 Å². The van der Waals surface area contributed by atoms with E-state index in [1.54, 1.807) is 6.92 Å². The van der Waals surface area contributed by atoms with E-state index < -0.39 is 22.0 Å². The zero-order chi connectivity index (χ0) is 14.6. The Morgan fingerprint density at radius 1 is 1.63 bits per heavy atom. The summed E-state index contributed by atoms with van der Waals surface area (Å²) in [6.07, 6.45) is 1.89. The van der Waals surface area contributed by atoms with Crippen LogP contribution in [0, 0.1) is 0 Å². The van der Waals surface area contributed by atoms with E-state index in [1.165, 1.54) is 6.20 Å². The lowest BCUT2D eigenvalue weighted by molar-refractivity contribution is -0.139. The lowest BCUT2D eigenvalue weighted by Gasteiger charge is -2.14. The highest BCUT2D eigenvalue weighted by Gasteiger charge is 2.26. The molecule has 0 fully saturated rings. The molecular weight excluding hydrogens is 294 g/mol. The van der Waals surface area contributed by atoms with Crippen molar-refractivity contribution in [2.45, 2.75) is 30.7 Å². The number of nitrogens with zero attached hydrogens (tertiary/aromatic N) is 1. The van der Waals surface area contributed by atoms with Gasteiger partial charge >= 0.3 is 5.97 Å². The summed E-state index contributed by atoms with van der Waals surface area (Å²) in [5.74, 6) is -1.49. The number of carboxylic acids is 1. The van der Waals surface area contributed by atoms with Crippen LogP contribution in [-0.2, 0) is 14.8 Å². The third-order valence-corrected chi connectivity index (χ3v) is 4.02. The predicted molar refractivity (Wildman–Crippen MR) is 70.3 cm³/mol. The molecule has 9 heteroatoms. The summed E-state index contributed by atoms with van der Waals surface area (Å²) in [5.41, 5.74) is 5.47. The topological polar surface area (TPSA) is 122 Å². The number of halogens is 1. The van der Waals surface area contributed by atoms with Crippen molar-refractivity contribution in [2.75, 3.05) is 5.73 Å². The second kappa shape index (κ2) is 6.18. The maximum Gasteiger partial charge on any atom is 0.321 e. The zero-order valence-corrected chi connectivity index (χ0v) is 11.7. The summed E-state index contributed by atoms with van der Waals surface area (Å²) in [5, 5.41) is 9.03. The number of sulfonamides is 1. The highest BCUT2D eigenvalue weighted by atomic mass is 35.5. The minimum Gasteiger partial charge on any atom is -0.480 e. The number of anilines is 1. The minimum absolute atomic E-state index is 0.0944. The fourth-order valence-electron chi connectivity index (χ4n) is 1.42. The van der Waals surface area contributed by atoms with Gasteiger partial charge in [0, 0.05) is 6.20 Å². The van der Waals surface area contributed by atoms with Gasteiger partial charge in [-0.15, -0.1) is 0 Å². The number of nitrogens with one attached hydrogen (secondary N) is 1. The summed E-state index contributed by atoms with van der Waals surface area (Å²) < 4.78 is 26.2. The SMILES string of the molecule is CCCC(NS(=O)(=O)c1cc(Cl)cnc1N)C(=O)O. The van der Waals surface area contributed by atoms with Crippen LogP contribution >= 0.6 is 11.6 Å².